The van der Waals surface area contributed by atoms with Gasteiger partial charge in [-0.25, -0.2) is 4.98 Å². The second-order valence-electron chi connectivity index (χ2n) is 4.13. The molecule has 0 aliphatic carbocycles. The summed E-state index contributed by atoms with van der Waals surface area (Å²) in [7, 11) is 0. The highest BCUT2D eigenvalue weighted by atomic mass is 16.3. The zero-order valence-corrected chi connectivity index (χ0v) is 10.1. The van der Waals surface area contributed by atoms with E-state index >= 15 is 0 Å². The summed E-state index contributed by atoms with van der Waals surface area (Å²) in [5.74, 6) is 0.947. The maximum Gasteiger partial charge on any atom is 0.140 e. The Bertz CT molecular complexity index is 462. The number of aromatic nitrogens is 2. The minimum atomic E-state index is -0.00103. The van der Waals surface area contributed by atoms with Crippen molar-refractivity contribution < 1.29 is 5.11 Å². The number of hydrogen-bond acceptors (Lipinski definition) is 2. The molecule has 0 spiro atoms. The largest absolute Gasteiger partial charge is 0.390 e. The maximum absolute atomic E-state index is 9.17. The molecular formula is C14H18N2O. The van der Waals surface area contributed by atoms with Gasteiger partial charge < -0.3 is 9.67 Å². The third-order valence-electron chi connectivity index (χ3n) is 2.77. The fraction of sp³-hybridized carbons (Fsp3) is 0.357. The quantitative estimate of drug-likeness (QED) is 0.857. The Morgan fingerprint density at radius 3 is 2.65 bits per heavy atom. The molecule has 17 heavy (non-hydrogen) atoms. The van der Waals surface area contributed by atoms with Gasteiger partial charge in [-0.1, -0.05) is 43.7 Å². The van der Waals surface area contributed by atoms with Crippen molar-refractivity contribution in [3.63, 3.8) is 0 Å². The van der Waals surface area contributed by atoms with Gasteiger partial charge in [0.1, 0.15) is 5.82 Å². The second kappa shape index (κ2) is 5.64. The number of imidazole rings is 1. The van der Waals surface area contributed by atoms with Crippen molar-refractivity contribution in [1.82, 2.24) is 9.55 Å². The molecule has 0 aliphatic rings. The summed E-state index contributed by atoms with van der Waals surface area (Å²) in [5.41, 5.74) is 1.84. The van der Waals surface area contributed by atoms with Crippen LogP contribution in [0.4, 0.5) is 0 Å². The summed E-state index contributed by atoms with van der Waals surface area (Å²) in [6, 6.07) is 10.1. The van der Waals surface area contributed by atoms with Crippen molar-refractivity contribution in [3.8, 4) is 11.4 Å². The van der Waals surface area contributed by atoms with Crippen molar-refractivity contribution in [2.24, 2.45) is 0 Å². The van der Waals surface area contributed by atoms with Gasteiger partial charge in [0, 0.05) is 18.3 Å². The third-order valence-corrected chi connectivity index (χ3v) is 2.77. The van der Waals surface area contributed by atoms with Crippen LogP contribution in [0.5, 0.6) is 0 Å². The standard InChI is InChI=1S/C14H18N2O/c1-2-3-9-16-10-13(11-17)15-14(16)12-7-5-4-6-8-12/h4-8,10,17H,2-3,9,11H2,1H3. The number of hydrogen-bond donors (Lipinski definition) is 1. The first-order chi connectivity index (χ1) is 8.35. The molecule has 0 amide bonds. The normalized spacial score (nSPS) is 10.7. The summed E-state index contributed by atoms with van der Waals surface area (Å²) >= 11 is 0. The number of unbranched alkanes of at least 4 members (excludes halogenated alkanes) is 1. The van der Waals surface area contributed by atoms with Gasteiger partial charge in [-0.05, 0) is 6.42 Å². The number of aryl methyl sites for hydroxylation is 1. The molecule has 0 atom stereocenters. The minimum Gasteiger partial charge on any atom is -0.390 e. The minimum absolute atomic E-state index is 0.00103. The summed E-state index contributed by atoms with van der Waals surface area (Å²) < 4.78 is 2.13. The molecule has 1 aromatic heterocycles. The fourth-order valence-electron chi connectivity index (χ4n) is 1.86. The van der Waals surface area contributed by atoms with Gasteiger partial charge in [0.2, 0.25) is 0 Å². The first-order valence-corrected chi connectivity index (χ1v) is 6.07. The van der Waals surface area contributed by atoms with Gasteiger partial charge in [-0.3, -0.25) is 0 Å². The van der Waals surface area contributed by atoms with Crippen LogP contribution in [-0.2, 0) is 13.2 Å². The molecule has 0 aliphatic heterocycles. The van der Waals surface area contributed by atoms with E-state index in [1.165, 1.54) is 0 Å². The van der Waals surface area contributed by atoms with Crippen molar-refractivity contribution in [3.05, 3.63) is 42.2 Å². The van der Waals surface area contributed by atoms with E-state index in [0.29, 0.717) is 0 Å². The van der Waals surface area contributed by atoms with Gasteiger partial charge in [-0.2, -0.15) is 0 Å². The van der Waals surface area contributed by atoms with E-state index < -0.39 is 0 Å². The Morgan fingerprint density at radius 1 is 1.24 bits per heavy atom. The van der Waals surface area contributed by atoms with Crippen LogP contribution < -0.4 is 0 Å². The van der Waals surface area contributed by atoms with Crippen molar-refractivity contribution in [2.75, 3.05) is 0 Å². The predicted molar refractivity (Wildman–Crippen MR) is 68.5 cm³/mol. The molecule has 90 valence electrons. The molecule has 1 heterocycles. The van der Waals surface area contributed by atoms with Crippen LogP contribution in [0.25, 0.3) is 11.4 Å². The first kappa shape index (κ1) is 11.9. The van der Waals surface area contributed by atoms with E-state index in [1.807, 2.05) is 36.5 Å². The van der Waals surface area contributed by atoms with Crippen LogP contribution in [0, 0.1) is 0 Å². The summed E-state index contributed by atoms with van der Waals surface area (Å²) in [6.07, 6.45) is 4.22. The SMILES string of the molecule is CCCCn1cc(CO)nc1-c1ccccc1. The van der Waals surface area contributed by atoms with Gasteiger partial charge in [0.25, 0.3) is 0 Å². The van der Waals surface area contributed by atoms with Crippen LogP contribution in [0.2, 0.25) is 0 Å². The molecular weight excluding hydrogens is 212 g/mol. The van der Waals surface area contributed by atoms with Crippen LogP contribution >= 0.6 is 0 Å². The molecule has 0 saturated heterocycles. The summed E-state index contributed by atoms with van der Waals surface area (Å²) in [4.78, 5) is 4.46. The van der Waals surface area contributed by atoms with E-state index in [2.05, 4.69) is 16.5 Å². The third kappa shape index (κ3) is 2.74. The molecule has 2 rings (SSSR count). The lowest BCUT2D eigenvalue weighted by Gasteiger charge is -2.06. The number of aliphatic hydroxyl groups is 1. The fourth-order valence-corrected chi connectivity index (χ4v) is 1.86. The van der Waals surface area contributed by atoms with Crippen LogP contribution in [-0.4, -0.2) is 14.7 Å². The number of rotatable bonds is 5. The lowest BCUT2D eigenvalue weighted by molar-refractivity contribution is 0.277. The molecule has 0 saturated carbocycles. The zero-order valence-electron chi connectivity index (χ0n) is 10.1. The van der Waals surface area contributed by atoms with Gasteiger partial charge in [0.15, 0.2) is 0 Å². The Hall–Kier alpha value is -1.61. The van der Waals surface area contributed by atoms with Gasteiger partial charge in [0.05, 0.1) is 12.3 Å². The van der Waals surface area contributed by atoms with Gasteiger partial charge in [-0.15, -0.1) is 0 Å². The Labute approximate surface area is 102 Å². The van der Waals surface area contributed by atoms with Crippen LogP contribution in [0.15, 0.2) is 36.5 Å². The molecule has 2 aromatic rings. The van der Waals surface area contributed by atoms with Gasteiger partial charge >= 0.3 is 0 Å². The lowest BCUT2D eigenvalue weighted by Crippen LogP contribution is -1.98. The lowest BCUT2D eigenvalue weighted by atomic mass is 10.2. The number of nitrogens with zero attached hydrogens (tertiary/aromatic N) is 2. The monoisotopic (exact) mass is 230 g/mol. The molecule has 1 N–H and O–H groups in total. The summed E-state index contributed by atoms with van der Waals surface area (Å²) in [5, 5.41) is 9.17. The van der Waals surface area contributed by atoms with Crippen LogP contribution in [0.1, 0.15) is 25.5 Å². The molecule has 0 fully saturated rings. The van der Waals surface area contributed by atoms with E-state index in [0.717, 1.165) is 36.5 Å². The highest BCUT2D eigenvalue weighted by Crippen LogP contribution is 2.19. The summed E-state index contributed by atoms with van der Waals surface area (Å²) in [6.45, 7) is 3.12. The van der Waals surface area contributed by atoms with E-state index in [9.17, 15) is 5.11 Å². The Morgan fingerprint density at radius 2 is 2.00 bits per heavy atom. The van der Waals surface area contributed by atoms with Crippen LogP contribution in [0.3, 0.4) is 0 Å². The van der Waals surface area contributed by atoms with Crippen molar-refractivity contribution >= 4 is 0 Å². The number of aliphatic hydroxyl groups excluding tert-OH is 1. The molecule has 3 nitrogen and oxygen atoms in total. The molecule has 0 unspecified atom stereocenters. The first-order valence-electron chi connectivity index (χ1n) is 6.07. The highest BCUT2D eigenvalue weighted by Gasteiger charge is 2.08. The van der Waals surface area contributed by atoms with E-state index in [4.69, 9.17) is 0 Å². The molecule has 3 heteroatoms. The average Bonchev–Trinajstić information content (AvgIpc) is 2.80. The topological polar surface area (TPSA) is 38.0 Å². The predicted octanol–water partition coefficient (Wildman–Crippen LogP) is 2.84. The van der Waals surface area contributed by atoms with E-state index in [1.54, 1.807) is 0 Å². The molecule has 0 bridgehead atoms. The number of benzene rings is 1. The van der Waals surface area contributed by atoms with Crippen molar-refractivity contribution in [2.45, 2.75) is 32.9 Å². The van der Waals surface area contributed by atoms with E-state index in [-0.39, 0.29) is 6.61 Å². The Balaban J connectivity index is 2.34. The zero-order chi connectivity index (χ0) is 12.1. The highest BCUT2D eigenvalue weighted by molar-refractivity contribution is 5.55. The molecule has 1 aromatic carbocycles. The Kier molecular flexibility index (Phi) is 3.94. The molecule has 0 radical (unpaired) electrons. The smallest absolute Gasteiger partial charge is 0.140 e. The second-order valence-corrected chi connectivity index (χ2v) is 4.13. The van der Waals surface area contributed by atoms with Crippen molar-refractivity contribution in [1.29, 1.82) is 0 Å². The average molecular weight is 230 g/mol. The maximum atomic E-state index is 9.17.